The third kappa shape index (κ3) is 4.02. The summed E-state index contributed by atoms with van der Waals surface area (Å²) >= 11 is 0. The van der Waals surface area contributed by atoms with Crippen molar-refractivity contribution in [1.29, 1.82) is 0 Å². The molecule has 82 valence electrons. The number of hydrogen-bond acceptors (Lipinski definition) is 2. The fourth-order valence-electron chi connectivity index (χ4n) is 1.14. The lowest BCUT2D eigenvalue weighted by atomic mass is 10.3. The summed E-state index contributed by atoms with van der Waals surface area (Å²) in [6, 6.07) is 9.52. The molecular weight excluding hydrogens is 190 g/mol. The van der Waals surface area contributed by atoms with Crippen molar-refractivity contribution in [1.82, 2.24) is 4.90 Å². The molecule has 15 heavy (non-hydrogen) atoms. The van der Waals surface area contributed by atoms with E-state index in [1.807, 2.05) is 37.3 Å². The Kier molecular flexibility index (Phi) is 4.68. The Balaban J connectivity index is 2.25. The highest BCUT2D eigenvalue weighted by Gasteiger charge is 2.05. The van der Waals surface area contributed by atoms with Crippen molar-refractivity contribution < 1.29 is 9.53 Å². The first-order chi connectivity index (χ1) is 7.24. The van der Waals surface area contributed by atoms with Crippen molar-refractivity contribution in [2.45, 2.75) is 13.3 Å². The van der Waals surface area contributed by atoms with E-state index in [2.05, 4.69) is 0 Å². The smallest absolute Gasteiger partial charge is 0.225 e. The van der Waals surface area contributed by atoms with Crippen LogP contribution in [0.1, 0.15) is 13.3 Å². The SMILES string of the molecule is CCN(C)C(=O)CCOc1ccccc1. The van der Waals surface area contributed by atoms with Crippen LogP contribution in [0.25, 0.3) is 0 Å². The molecule has 0 heterocycles. The van der Waals surface area contributed by atoms with Crippen molar-refractivity contribution in [2.75, 3.05) is 20.2 Å². The van der Waals surface area contributed by atoms with Gasteiger partial charge in [0.25, 0.3) is 0 Å². The minimum atomic E-state index is 0.119. The minimum absolute atomic E-state index is 0.119. The number of nitrogens with zero attached hydrogens (tertiary/aromatic N) is 1. The second-order valence-electron chi connectivity index (χ2n) is 3.32. The Morgan fingerprint density at radius 3 is 2.60 bits per heavy atom. The van der Waals surface area contributed by atoms with Gasteiger partial charge in [0, 0.05) is 13.6 Å². The molecule has 0 saturated carbocycles. The molecule has 0 spiro atoms. The summed E-state index contributed by atoms with van der Waals surface area (Å²) in [5, 5.41) is 0. The number of carbonyl (C=O) groups is 1. The highest BCUT2D eigenvalue weighted by molar-refractivity contribution is 5.75. The average Bonchev–Trinajstić information content (AvgIpc) is 2.29. The van der Waals surface area contributed by atoms with Crippen LogP contribution < -0.4 is 4.74 Å². The molecule has 0 radical (unpaired) electrons. The van der Waals surface area contributed by atoms with Gasteiger partial charge in [-0.1, -0.05) is 18.2 Å². The Hall–Kier alpha value is -1.51. The van der Waals surface area contributed by atoms with Crippen LogP contribution in [0, 0.1) is 0 Å². The lowest BCUT2D eigenvalue weighted by Gasteiger charge is -2.14. The van der Waals surface area contributed by atoms with Crippen LogP contribution in [0.2, 0.25) is 0 Å². The quantitative estimate of drug-likeness (QED) is 0.738. The average molecular weight is 207 g/mol. The second kappa shape index (κ2) is 6.06. The monoisotopic (exact) mass is 207 g/mol. The van der Waals surface area contributed by atoms with E-state index < -0.39 is 0 Å². The predicted molar refractivity (Wildman–Crippen MR) is 59.9 cm³/mol. The number of hydrogen-bond donors (Lipinski definition) is 0. The van der Waals surface area contributed by atoms with Crippen molar-refractivity contribution >= 4 is 5.91 Å². The van der Waals surface area contributed by atoms with Gasteiger partial charge in [-0.2, -0.15) is 0 Å². The molecule has 0 unspecified atom stereocenters. The number of para-hydroxylation sites is 1. The maximum atomic E-state index is 11.4. The van der Waals surface area contributed by atoms with E-state index in [9.17, 15) is 4.79 Å². The van der Waals surface area contributed by atoms with Gasteiger partial charge in [0.15, 0.2) is 0 Å². The van der Waals surface area contributed by atoms with Crippen LogP contribution >= 0.6 is 0 Å². The molecule has 1 aromatic carbocycles. The van der Waals surface area contributed by atoms with Gasteiger partial charge in [0.05, 0.1) is 13.0 Å². The molecule has 1 aromatic rings. The van der Waals surface area contributed by atoms with Crippen molar-refractivity contribution in [3.63, 3.8) is 0 Å². The molecule has 1 rings (SSSR count). The summed E-state index contributed by atoms with van der Waals surface area (Å²) in [4.78, 5) is 13.1. The molecule has 3 heteroatoms. The Labute approximate surface area is 90.7 Å². The number of ether oxygens (including phenoxy) is 1. The molecule has 1 amide bonds. The van der Waals surface area contributed by atoms with E-state index in [0.717, 1.165) is 12.3 Å². The van der Waals surface area contributed by atoms with Crippen LogP contribution in [-0.4, -0.2) is 31.0 Å². The third-order valence-electron chi connectivity index (χ3n) is 2.23. The van der Waals surface area contributed by atoms with E-state index in [1.54, 1.807) is 11.9 Å². The lowest BCUT2D eigenvalue weighted by molar-refractivity contribution is -0.130. The molecule has 0 bridgehead atoms. The fraction of sp³-hybridized carbons (Fsp3) is 0.417. The normalized spacial score (nSPS) is 9.73. The van der Waals surface area contributed by atoms with Gasteiger partial charge in [0.2, 0.25) is 5.91 Å². The number of benzene rings is 1. The van der Waals surface area contributed by atoms with Gasteiger partial charge >= 0.3 is 0 Å². The molecule has 3 nitrogen and oxygen atoms in total. The minimum Gasteiger partial charge on any atom is -0.493 e. The van der Waals surface area contributed by atoms with E-state index in [1.165, 1.54) is 0 Å². The topological polar surface area (TPSA) is 29.5 Å². The first-order valence-corrected chi connectivity index (χ1v) is 5.16. The van der Waals surface area contributed by atoms with Gasteiger partial charge < -0.3 is 9.64 Å². The zero-order chi connectivity index (χ0) is 11.1. The Morgan fingerprint density at radius 1 is 1.33 bits per heavy atom. The van der Waals surface area contributed by atoms with Crippen LogP contribution in [0.4, 0.5) is 0 Å². The summed E-state index contributed by atoms with van der Waals surface area (Å²) < 4.78 is 5.42. The standard InChI is InChI=1S/C12H17NO2/c1-3-13(2)12(14)9-10-15-11-7-5-4-6-8-11/h4-8H,3,9-10H2,1-2H3. The summed E-state index contributed by atoms with van der Waals surface area (Å²) in [6.07, 6.45) is 0.430. The maximum Gasteiger partial charge on any atom is 0.225 e. The van der Waals surface area contributed by atoms with Crippen LogP contribution in [0.5, 0.6) is 5.75 Å². The zero-order valence-electron chi connectivity index (χ0n) is 9.27. The second-order valence-corrected chi connectivity index (χ2v) is 3.32. The Morgan fingerprint density at radius 2 is 2.00 bits per heavy atom. The zero-order valence-corrected chi connectivity index (χ0v) is 9.27. The van der Waals surface area contributed by atoms with E-state index >= 15 is 0 Å². The first-order valence-electron chi connectivity index (χ1n) is 5.16. The molecule has 0 aliphatic carbocycles. The molecular formula is C12H17NO2. The predicted octanol–water partition coefficient (Wildman–Crippen LogP) is 1.93. The summed E-state index contributed by atoms with van der Waals surface area (Å²) in [5.41, 5.74) is 0. The van der Waals surface area contributed by atoms with Crippen LogP contribution in [-0.2, 0) is 4.79 Å². The van der Waals surface area contributed by atoms with Gasteiger partial charge in [-0.05, 0) is 19.1 Å². The summed E-state index contributed by atoms with van der Waals surface area (Å²) in [7, 11) is 1.80. The van der Waals surface area contributed by atoms with Gasteiger partial charge in [-0.3, -0.25) is 4.79 Å². The molecule has 0 aromatic heterocycles. The van der Waals surface area contributed by atoms with E-state index in [0.29, 0.717) is 13.0 Å². The number of rotatable bonds is 5. The van der Waals surface area contributed by atoms with Crippen LogP contribution in [0.3, 0.4) is 0 Å². The summed E-state index contributed by atoms with van der Waals surface area (Å²) in [6.45, 7) is 3.13. The lowest BCUT2D eigenvalue weighted by Crippen LogP contribution is -2.27. The van der Waals surface area contributed by atoms with Gasteiger partial charge in [0.1, 0.15) is 5.75 Å². The summed E-state index contributed by atoms with van der Waals surface area (Å²) in [5.74, 6) is 0.929. The van der Waals surface area contributed by atoms with Gasteiger partial charge in [-0.15, -0.1) is 0 Å². The van der Waals surface area contributed by atoms with Crippen LogP contribution in [0.15, 0.2) is 30.3 Å². The maximum absolute atomic E-state index is 11.4. The number of amides is 1. The largest absolute Gasteiger partial charge is 0.493 e. The first kappa shape index (κ1) is 11.6. The molecule has 0 atom stereocenters. The van der Waals surface area contributed by atoms with E-state index in [4.69, 9.17) is 4.74 Å². The van der Waals surface area contributed by atoms with Crippen molar-refractivity contribution in [3.8, 4) is 5.75 Å². The highest BCUT2D eigenvalue weighted by atomic mass is 16.5. The fourth-order valence-corrected chi connectivity index (χ4v) is 1.14. The highest BCUT2D eigenvalue weighted by Crippen LogP contribution is 2.08. The molecule has 0 N–H and O–H groups in total. The Bertz CT molecular complexity index is 298. The third-order valence-corrected chi connectivity index (χ3v) is 2.23. The number of carbonyl (C=O) groups excluding carboxylic acids is 1. The van der Waals surface area contributed by atoms with E-state index in [-0.39, 0.29) is 5.91 Å². The van der Waals surface area contributed by atoms with Crippen molar-refractivity contribution in [2.24, 2.45) is 0 Å². The molecule has 0 aliphatic heterocycles. The van der Waals surface area contributed by atoms with Crippen molar-refractivity contribution in [3.05, 3.63) is 30.3 Å². The molecule has 0 aliphatic rings. The molecule has 0 saturated heterocycles. The van der Waals surface area contributed by atoms with Gasteiger partial charge in [-0.25, -0.2) is 0 Å². The molecule has 0 fully saturated rings.